The molecule has 230 valence electrons. The van der Waals surface area contributed by atoms with Crippen molar-refractivity contribution in [2.75, 3.05) is 0 Å². The van der Waals surface area contributed by atoms with Crippen LogP contribution in [0.4, 0.5) is 0 Å². The van der Waals surface area contributed by atoms with E-state index in [4.69, 9.17) is 14.2 Å². The first-order valence-electron chi connectivity index (χ1n) is 14.9. The number of fused-ring (bicyclic) bond motifs is 2. The summed E-state index contributed by atoms with van der Waals surface area (Å²) in [7, 11) is 0. The highest BCUT2D eigenvalue weighted by Gasteiger charge is 2.21. The minimum atomic E-state index is -1.06. The quantitative estimate of drug-likeness (QED) is 0.141. The second-order valence-electron chi connectivity index (χ2n) is 10.7. The number of benzene rings is 4. The topological polar surface area (TPSA) is 90.8 Å². The summed E-state index contributed by atoms with van der Waals surface area (Å²) in [6.45, 7) is 0.690. The van der Waals surface area contributed by atoms with Crippen LogP contribution in [0.5, 0.6) is 23.0 Å². The zero-order valence-electron chi connectivity index (χ0n) is 25.1. The first-order valence-corrected chi connectivity index (χ1v) is 15.7. The van der Waals surface area contributed by atoms with Gasteiger partial charge < -0.3 is 19.3 Å². The molecule has 8 heteroatoms. The van der Waals surface area contributed by atoms with Crippen LogP contribution in [0, 0.1) is 0 Å². The van der Waals surface area contributed by atoms with E-state index in [2.05, 4.69) is 9.97 Å². The number of nitrogens with zero attached hydrogens (tertiary/aromatic N) is 2. The van der Waals surface area contributed by atoms with E-state index >= 15 is 0 Å². The minimum absolute atomic E-state index is 0.118. The summed E-state index contributed by atoms with van der Waals surface area (Å²) < 4.78 is 20.2. The van der Waals surface area contributed by atoms with Gasteiger partial charge in [-0.1, -0.05) is 66.7 Å². The van der Waals surface area contributed by atoms with Crippen molar-refractivity contribution in [1.82, 2.24) is 9.97 Å². The molecule has 3 aromatic heterocycles. The van der Waals surface area contributed by atoms with Gasteiger partial charge in [0.1, 0.15) is 19.0 Å². The standard InChI is InChI=1S/C39H28N2O5S/c42-39(43)31(28-15-18-40-19-16-28)22-37-38(46-30-13-14-33-29(20-30)12-7-17-41-33)32-21-34(44-24-26-8-3-1-4-9-26)35(23-36(32)47-37)45-25-27-10-5-2-6-11-27/h1-23H,24-25H2,(H,42,43)/b31-22+. The zero-order chi connectivity index (χ0) is 32.0. The Labute approximate surface area is 275 Å². The molecule has 7 rings (SSSR count). The number of pyridine rings is 2. The molecule has 4 aromatic carbocycles. The fourth-order valence-electron chi connectivity index (χ4n) is 5.16. The summed E-state index contributed by atoms with van der Waals surface area (Å²) in [5.74, 6) is 1.17. The SMILES string of the molecule is O=C(O)/C(=C/c1sc2cc(OCc3ccccc3)c(OCc3ccccc3)cc2c1Oc1ccc2ncccc2c1)c1ccncc1. The molecular formula is C39H28N2O5S. The summed E-state index contributed by atoms with van der Waals surface area (Å²) >= 11 is 1.42. The number of carboxylic acids is 1. The molecule has 0 amide bonds. The van der Waals surface area contributed by atoms with Gasteiger partial charge in [-0.2, -0.15) is 0 Å². The summed E-state index contributed by atoms with van der Waals surface area (Å²) in [6, 6.07) is 36.6. The summed E-state index contributed by atoms with van der Waals surface area (Å²) in [5.41, 5.74) is 3.53. The zero-order valence-corrected chi connectivity index (χ0v) is 25.9. The van der Waals surface area contributed by atoms with E-state index in [-0.39, 0.29) is 5.57 Å². The smallest absolute Gasteiger partial charge is 0.336 e. The molecule has 0 spiro atoms. The molecule has 0 aliphatic heterocycles. The Hall–Kier alpha value is -5.99. The number of hydrogen-bond donors (Lipinski definition) is 1. The van der Waals surface area contributed by atoms with Crippen LogP contribution in [0.25, 0.3) is 32.6 Å². The maximum Gasteiger partial charge on any atom is 0.336 e. The molecule has 0 aliphatic carbocycles. The highest BCUT2D eigenvalue weighted by atomic mass is 32.1. The highest BCUT2D eigenvalue weighted by molar-refractivity contribution is 7.20. The number of carboxylic acid groups (broad SMARTS) is 1. The minimum Gasteiger partial charge on any atom is -0.485 e. The third-order valence-corrected chi connectivity index (χ3v) is 8.58. The van der Waals surface area contributed by atoms with E-state index < -0.39 is 5.97 Å². The van der Waals surface area contributed by atoms with E-state index in [1.807, 2.05) is 103 Å². The molecule has 3 heterocycles. The Morgan fingerprint density at radius 3 is 2.11 bits per heavy atom. The molecule has 0 fully saturated rings. The lowest BCUT2D eigenvalue weighted by Gasteiger charge is -2.14. The van der Waals surface area contributed by atoms with Crippen molar-refractivity contribution in [1.29, 1.82) is 0 Å². The van der Waals surface area contributed by atoms with E-state index in [0.717, 1.165) is 32.1 Å². The van der Waals surface area contributed by atoms with Gasteiger partial charge in [0.15, 0.2) is 17.2 Å². The van der Waals surface area contributed by atoms with Crippen LogP contribution < -0.4 is 14.2 Å². The number of hydrogen-bond acceptors (Lipinski definition) is 7. The van der Waals surface area contributed by atoms with Gasteiger partial charge in [0.25, 0.3) is 0 Å². The average molecular weight is 637 g/mol. The van der Waals surface area contributed by atoms with Crippen molar-refractivity contribution >= 4 is 49.9 Å². The highest BCUT2D eigenvalue weighted by Crippen LogP contribution is 2.47. The van der Waals surface area contributed by atoms with Crippen LogP contribution in [0.15, 0.2) is 134 Å². The van der Waals surface area contributed by atoms with Crippen LogP contribution in [0.1, 0.15) is 21.6 Å². The Kier molecular flexibility index (Phi) is 8.57. The van der Waals surface area contributed by atoms with Crippen LogP contribution >= 0.6 is 11.3 Å². The molecule has 0 atom stereocenters. The van der Waals surface area contributed by atoms with Crippen molar-refractivity contribution < 1.29 is 24.1 Å². The predicted molar refractivity (Wildman–Crippen MR) is 185 cm³/mol. The molecule has 7 nitrogen and oxygen atoms in total. The molecule has 0 aliphatic rings. The van der Waals surface area contributed by atoms with Crippen LogP contribution in [-0.4, -0.2) is 21.0 Å². The summed E-state index contributed by atoms with van der Waals surface area (Å²) in [5, 5.41) is 11.9. The first-order chi connectivity index (χ1) is 23.1. The van der Waals surface area contributed by atoms with Gasteiger partial charge in [-0.05, 0) is 65.2 Å². The van der Waals surface area contributed by atoms with E-state index in [1.54, 1.807) is 36.8 Å². The van der Waals surface area contributed by atoms with Gasteiger partial charge in [0.05, 0.1) is 16.0 Å². The number of carbonyl (C=O) groups is 1. The molecule has 0 bridgehead atoms. The van der Waals surface area contributed by atoms with Crippen molar-refractivity contribution in [3.8, 4) is 23.0 Å². The van der Waals surface area contributed by atoms with Crippen LogP contribution in [0.2, 0.25) is 0 Å². The van der Waals surface area contributed by atoms with Crippen LogP contribution in [0.3, 0.4) is 0 Å². The van der Waals surface area contributed by atoms with Gasteiger partial charge in [-0.15, -0.1) is 11.3 Å². The Morgan fingerprint density at radius 2 is 1.43 bits per heavy atom. The fourth-order valence-corrected chi connectivity index (χ4v) is 6.25. The second-order valence-corrected chi connectivity index (χ2v) is 11.8. The molecule has 0 saturated heterocycles. The van der Waals surface area contributed by atoms with Crippen LogP contribution in [-0.2, 0) is 18.0 Å². The van der Waals surface area contributed by atoms with Gasteiger partial charge in [-0.3, -0.25) is 9.97 Å². The first kappa shape index (κ1) is 29.7. The van der Waals surface area contributed by atoms with E-state index in [9.17, 15) is 9.90 Å². The largest absolute Gasteiger partial charge is 0.485 e. The predicted octanol–water partition coefficient (Wildman–Crippen LogP) is 9.42. The monoisotopic (exact) mass is 636 g/mol. The molecule has 1 N–H and O–H groups in total. The number of aromatic nitrogens is 2. The lowest BCUT2D eigenvalue weighted by molar-refractivity contribution is -0.130. The van der Waals surface area contributed by atoms with Crippen molar-refractivity contribution in [2.45, 2.75) is 13.2 Å². The van der Waals surface area contributed by atoms with Gasteiger partial charge in [-0.25, -0.2) is 4.79 Å². The average Bonchev–Trinajstić information content (AvgIpc) is 3.44. The fraction of sp³-hybridized carbons (Fsp3) is 0.0513. The second kappa shape index (κ2) is 13.6. The third kappa shape index (κ3) is 6.83. The number of thiophene rings is 1. The molecule has 0 saturated carbocycles. The molecule has 47 heavy (non-hydrogen) atoms. The summed E-state index contributed by atoms with van der Waals surface area (Å²) in [4.78, 5) is 21.6. The van der Waals surface area contributed by atoms with Gasteiger partial charge >= 0.3 is 5.97 Å². The lowest BCUT2D eigenvalue weighted by Crippen LogP contribution is -2.00. The van der Waals surface area contributed by atoms with Crippen molar-refractivity contribution in [3.63, 3.8) is 0 Å². The maximum atomic E-state index is 12.5. The Morgan fingerprint density at radius 1 is 0.745 bits per heavy atom. The maximum absolute atomic E-state index is 12.5. The Balaban J connectivity index is 1.36. The lowest BCUT2D eigenvalue weighted by atomic mass is 10.1. The summed E-state index contributed by atoms with van der Waals surface area (Å²) in [6.07, 6.45) is 6.54. The van der Waals surface area contributed by atoms with Crippen molar-refractivity contribution in [3.05, 3.63) is 155 Å². The third-order valence-electron chi connectivity index (χ3n) is 7.50. The number of ether oxygens (including phenoxy) is 3. The van der Waals surface area contributed by atoms with Crippen molar-refractivity contribution in [2.24, 2.45) is 0 Å². The van der Waals surface area contributed by atoms with E-state index in [1.165, 1.54) is 11.3 Å². The molecular weight excluding hydrogens is 609 g/mol. The Bertz CT molecular complexity index is 2200. The van der Waals surface area contributed by atoms with E-state index in [0.29, 0.717) is 46.7 Å². The molecule has 7 aromatic rings. The molecule has 0 unspecified atom stereocenters. The normalized spacial score (nSPS) is 11.4. The number of rotatable bonds is 11. The molecule has 0 radical (unpaired) electrons. The number of aliphatic carboxylic acids is 1. The van der Waals surface area contributed by atoms with Gasteiger partial charge in [0.2, 0.25) is 0 Å². The van der Waals surface area contributed by atoms with Gasteiger partial charge in [0, 0.05) is 40.1 Å².